The van der Waals surface area contributed by atoms with E-state index in [1.54, 1.807) is 11.3 Å². The summed E-state index contributed by atoms with van der Waals surface area (Å²) in [5.41, 5.74) is 7.67. The van der Waals surface area contributed by atoms with E-state index in [1.807, 2.05) is 41.1 Å². The molecule has 4 nitrogen and oxygen atoms in total. The van der Waals surface area contributed by atoms with E-state index in [1.165, 1.54) is 11.8 Å². The van der Waals surface area contributed by atoms with Crippen molar-refractivity contribution in [3.63, 3.8) is 0 Å². The Bertz CT molecular complexity index is 655. The Balaban J connectivity index is 1.72. The van der Waals surface area contributed by atoms with Gasteiger partial charge in [0, 0.05) is 22.9 Å². The van der Waals surface area contributed by atoms with Crippen LogP contribution in [0.15, 0.2) is 46.0 Å². The molecule has 21 heavy (non-hydrogen) atoms. The van der Waals surface area contributed by atoms with Gasteiger partial charge in [-0.1, -0.05) is 12.1 Å². The number of nitrogens with one attached hydrogen (secondary N) is 1. The summed E-state index contributed by atoms with van der Waals surface area (Å²) in [6.07, 6.45) is 0.724. The summed E-state index contributed by atoms with van der Waals surface area (Å²) in [5, 5.41) is 4.02. The number of thioether (sulfide) groups is 1. The topological polar surface area (TPSA) is 72.2 Å². The van der Waals surface area contributed by atoms with Crippen molar-refractivity contribution in [2.45, 2.75) is 11.3 Å². The quantitative estimate of drug-likeness (QED) is 0.571. The lowest BCUT2D eigenvalue weighted by Gasteiger charge is -2.07. The Kier molecular flexibility index (Phi) is 6.10. The number of anilines is 1. The molecule has 0 bridgehead atoms. The number of nitrogen functional groups attached to an aromatic ring is 1. The highest BCUT2D eigenvalue weighted by atomic mass is 32.2. The number of thiophene rings is 1. The minimum atomic E-state index is -3.23. The van der Waals surface area contributed by atoms with E-state index in [9.17, 15) is 8.42 Å². The van der Waals surface area contributed by atoms with Crippen LogP contribution in [0.3, 0.4) is 0 Å². The standard InChI is InChI=1S/C14H18N2O2S3/c15-13-3-1-2-4-14(13)20-9-10-21(17,18)16-7-5-12-6-8-19-11-12/h1-4,6,8,11,16H,5,7,9-10,15H2. The van der Waals surface area contributed by atoms with Crippen LogP contribution in [0, 0.1) is 0 Å². The third kappa shape index (κ3) is 5.70. The van der Waals surface area contributed by atoms with Crippen LogP contribution < -0.4 is 10.5 Å². The number of hydrogen-bond acceptors (Lipinski definition) is 5. The smallest absolute Gasteiger partial charge is 0.212 e. The number of sulfonamides is 1. The van der Waals surface area contributed by atoms with Crippen LogP contribution in [-0.2, 0) is 16.4 Å². The normalized spacial score (nSPS) is 11.6. The second-order valence-electron chi connectivity index (χ2n) is 4.48. The number of rotatable bonds is 8. The van der Waals surface area contributed by atoms with Gasteiger partial charge in [-0.2, -0.15) is 11.3 Å². The Morgan fingerprint density at radius 3 is 2.76 bits per heavy atom. The highest BCUT2D eigenvalue weighted by molar-refractivity contribution is 8.00. The molecule has 0 aliphatic heterocycles. The lowest BCUT2D eigenvalue weighted by molar-refractivity contribution is 0.583. The predicted octanol–water partition coefficient (Wildman–Crippen LogP) is 2.58. The summed E-state index contributed by atoms with van der Waals surface area (Å²) >= 11 is 3.08. The third-order valence-corrected chi connectivity index (χ3v) is 6.31. The maximum Gasteiger partial charge on any atom is 0.212 e. The van der Waals surface area contributed by atoms with E-state index in [0.29, 0.717) is 18.0 Å². The first-order valence-corrected chi connectivity index (χ1v) is 10.1. The second kappa shape index (κ2) is 7.84. The van der Waals surface area contributed by atoms with Gasteiger partial charge in [-0.3, -0.25) is 0 Å². The Morgan fingerprint density at radius 2 is 2.05 bits per heavy atom. The molecule has 3 N–H and O–H groups in total. The maximum atomic E-state index is 11.9. The maximum absolute atomic E-state index is 11.9. The lowest BCUT2D eigenvalue weighted by atomic mass is 10.2. The first kappa shape index (κ1) is 16.4. The zero-order valence-corrected chi connectivity index (χ0v) is 13.9. The SMILES string of the molecule is Nc1ccccc1SCCS(=O)(=O)NCCc1ccsc1. The van der Waals surface area contributed by atoms with Crippen molar-refractivity contribution < 1.29 is 8.42 Å². The van der Waals surface area contributed by atoms with Gasteiger partial charge in [-0.05, 0) is 40.9 Å². The molecule has 114 valence electrons. The van der Waals surface area contributed by atoms with Gasteiger partial charge >= 0.3 is 0 Å². The van der Waals surface area contributed by atoms with Crippen LogP contribution in [0.25, 0.3) is 0 Å². The van der Waals surface area contributed by atoms with Gasteiger partial charge in [-0.15, -0.1) is 11.8 Å². The van der Waals surface area contributed by atoms with Crippen molar-refractivity contribution in [1.29, 1.82) is 0 Å². The summed E-state index contributed by atoms with van der Waals surface area (Å²) in [6.45, 7) is 0.442. The first-order valence-electron chi connectivity index (χ1n) is 6.52. The largest absolute Gasteiger partial charge is 0.398 e. The highest BCUT2D eigenvalue weighted by Crippen LogP contribution is 2.24. The Hall–Kier alpha value is -1.02. The van der Waals surface area contributed by atoms with Crippen LogP contribution in [0.2, 0.25) is 0 Å². The summed E-state index contributed by atoms with van der Waals surface area (Å²) < 4.78 is 26.4. The van der Waals surface area contributed by atoms with Gasteiger partial charge in [0.2, 0.25) is 10.0 Å². The molecule has 0 saturated carbocycles. The van der Waals surface area contributed by atoms with Crippen molar-refractivity contribution in [3.8, 4) is 0 Å². The molecule has 0 aliphatic carbocycles. The van der Waals surface area contributed by atoms with Crippen LogP contribution in [0.4, 0.5) is 5.69 Å². The molecule has 0 unspecified atom stereocenters. The van der Waals surface area contributed by atoms with Gasteiger partial charge < -0.3 is 5.73 Å². The zero-order chi connectivity index (χ0) is 15.1. The molecule has 1 heterocycles. The van der Waals surface area contributed by atoms with E-state index in [4.69, 9.17) is 5.73 Å². The van der Waals surface area contributed by atoms with Gasteiger partial charge in [0.25, 0.3) is 0 Å². The highest BCUT2D eigenvalue weighted by Gasteiger charge is 2.10. The second-order valence-corrected chi connectivity index (χ2v) is 8.32. The molecule has 0 aliphatic rings. The molecule has 2 aromatic rings. The van der Waals surface area contributed by atoms with E-state index >= 15 is 0 Å². The zero-order valence-electron chi connectivity index (χ0n) is 11.5. The molecule has 0 amide bonds. The minimum Gasteiger partial charge on any atom is -0.398 e. The van der Waals surface area contributed by atoms with E-state index in [0.717, 1.165) is 16.9 Å². The predicted molar refractivity (Wildman–Crippen MR) is 91.4 cm³/mol. The summed E-state index contributed by atoms with van der Waals surface area (Å²) in [5.74, 6) is 0.581. The fraction of sp³-hybridized carbons (Fsp3) is 0.286. The molecule has 0 saturated heterocycles. The number of nitrogens with two attached hydrogens (primary N) is 1. The van der Waals surface area contributed by atoms with Gasteiger partial charge in [0.05, 0.1) is 5.75 Å². The fourth-order valence-corrected chi connectivity index (χ4v) is 4.83. The van der Waals surface area contributed by atoms with E-state index in [2.05, 4.69) is 4.72 Å². The summed E-state index contributed by atoms with van der Waals surface area (Å²) in [4.78, 5) is 0.922. The van der Waals surface area contributed by atoms with Crippen molar-refractivity contribution in [1.82, 2.24) is 4.72 Å². The molecular formula is C14H18N2O2S3. The molecule has 0 atom stereocenters. The van der Waals surface area contributed by atoms with Crippen molar-refractivity contribution in [2.75, 3.05) is 23.8 Å². The number of benzene rings is 1. The summed E-state index contributed by atoms with van der Waals surface area (Å²) in [7, 11) is -3.23. The molecule has 0 radical (unpaired) electrons. The average molecular weight is 343 g/mol. The fourth-order valence-electron chi connectivity index (χ4n) is 1.73. The lowest BCUT2D eigenvalue weighted by Crippen LogP contribution is -2.29. The van der Waals surface area contributed by atoms with E-state index < -0.39 is 10.0 Å². The van der Waals surface area contributed by atoms with Crippen LogP contribution in [-0.4, -0.2) is 26.5 Å². The molecule has 2 rings (SSSR count). The van der Waals surface area contributed by atoms with Gasteiger partial charge in [0.15, 0.2) is 0 Å². The first-order chi connectivity index (χ1) is 10.1. The third-order valence-electron chi connectivity index (χ3n) is 2.84. The van der Waals surface area contributed by atoms with Crippen LogP contribution in [0.1, 0.15) is 5.56 Å². The van der Waals surface area contributed by atoms with Crippen LogP contribution >= 0.6 is 23.1 Å². The van der Waals surface area contributed by atoms with Gasteiger partial charge in [-0.25, -0.2) is 13.1 Å². The van der Waals surface area contributed by atoms with Crippen molar-refractivity contribution in [2.24, 2.45) is 0 Å². The molecule has 0 spiro atoms. The Morgan fingerprint density at radius 1 is 1.24 bits per heavy atom. The number of hydrogen-bond donors (Lipinski definition) is 2. The molecule has 1 aromatic heterocycles. The average Bonchev–Trinajstić information content (AvgIpc) is 2.94. The molecule has 0 fully saturated rings. The number of para-hydroxylation sites is 1. The summed E-state index contributed by atoms with van der Waals surface area (Å²) in [6, 6.07) is 9.48. The van der Waals surface area contributed by atoms with E-state index in [-0.39, 0.29) is 5.75 Å². The molecule has 1 aromatic carbocycles. The Labute approximate surface area is 133 Å². The molecule has 7 heteroatoms. The molecular weight excluding hydrogens is 324 g/mol. The van der Waals surface area contributed by atoms with Crippen molar-refractivity contribution in [3.05, 3.63) is 46.7 Å². The van der Waals surface area contributed by atoms with Crippen molar-refractivity contribution >= 4 is 38.8 Å². The monoisotopic (exact) mass is 342 g/mol. The minimum absolute atomic E-state index is 0.0929. The van der Waals surface area contributed by atoms with Gasteiger partial charge in [0.1, 0.15) is 0 Å². The van der Waals surface area contributed by atoms with Crippen LogP contribution in [0.5, 0.6) is 0 Å².